The highest BCUT2D eigenvalue weighted by Crippen LogP contribution is 2.27. The van der Waals surface area contributed by atoms with Gasteiger partial charge >= 0.3 is 0 Å². The first-order valence-electron chi connectivity index (χ1n) is 8.11. The SMILES string of the molecule is CCOc1ccc(C(=O)C2CCC(c3nccc(OC)n3)N2)cc1. The molecule has 1 fully saturated rings. The molecule has 1 N–H and O–H groups in total. The van der Waals surface area contributed by atoms with Crippen LogP contribution < -0.4 is 14.8 Å². The largest absolute Gasteiger partial charge is 0.494 e. The van der Waals surface area contributed by atoms with Crippen LogP contribution in [0.4, 0.5) is 0 Å². The Morgan fingerprint density at radius 2 is 2.04 bits per heavy atom. The van der Waals surface area contributed by atoms with Crippen LogP contribution in [0.15, 0.2) is 36.5 Å². The molecular formula is C18H21N3O3. The van der Waals surface area contributed by atoms with Gasteiger partial charge in [-0.3, -0.25) is 10.1 Å². The lowest BCUT2D eigenvalue weighted by Gasteiger charge is -2.13. The van der Waals surface area contributed by atoms with Gasteiger partial charge in [0.15, 0.2) is 5.78 Å². The predicted octanol–water partition coefficient (Wildman–Crippen LogP) is 2.56. The van der Waals surface area contributed by atoms with Crippen molar-refractivity contribution in [3.63, 3.8) is 0 Å². The molecule has 6 nitrogen and oxygen atoms in total. The number of nitrogens with one attached hydrogen (secondary N) is 1. The average molecular weight is 327 g/mol. The molecule has 1 aromatic carbocycles. The minimum atomic E-state index is -0.220. The lowest BCUT2D eigenvalue weighted by Crippen LogP contribution is -2.32. The third-order valence-corrected chi connectivity index (χ3v) is 4.08. The van der Waals surface area contributed by atoms with Crippen molar-refractivity contribution in [2.45, 2.75) is 31.8 Å². The van der Waals surface area contributed by atoms with Crippen molar-refractivity contribution in [1.29, 1.82) is 0 Å². The van der Waals surface area contributed by atoms with E-state index in [-0.39, 0.29) is 17.9 Å². The molecule has 0 aliphatic carbocycles. The maximum absolute atomic E-state index is 12.6. The van der Waals surface area contributed by atoms with E-state index < -0.39 is 0 Å². The van der Waals surface area contributed by atoms with Gasteiger partial charge in [0.05, 0.1) is 25.8 Å². The summed E-state index contributed by atoms with van der Waals surface area (Å²) in [6.07, 6.45) is 3.25. The molecule has 0 amide bonds. The fourth-order valence-corrected chi connectivity index (χ4v) is 2.87. The summed E-state index contributed by atoms with van der Waals surface area (Å²) in [6, 6.07) is 8.73. The van der Waals surface area contributed by atoms with Gasteiger partial charge in [-0.05, 0) is 44.0 Å². The Morgan fingerprint density at radius 3 is 2.75 bits per heavy atom. The van der Waals surface area contributed by atoms with Crippen molar-refractivity contribution in [2.75, 3.05) is 13.7 Å². The molecule has 0 radical (unpaired) electrons. The number of carbonyl (C=O) groups is 1. The molecule has 0 bridgehead atoms. The lowest BCUT2D eigenvalue weighted by atomic mass is 10.0. The number of Topliss-reactive ketones (excluding diaryl/α,β-unsaturated/α-hetero) is 1. The van der Waals surface area contributed by atoms with E-state index in [1.54, 1.807) is 19.4 Å². The quantitative estimate of drug-likeness (QED) is 0.822. The molecule has 1 aromatic heterocycles. The molecular weight excluding hydrogens is 306 g/mol. The van der Waals surface area contributed by atoms with Crippen molar-refractivity contribution >= 4 is 5.78 Å². The number of aromatic nitrogens is 2. The summed E-state index contributed by atoms with van der Waals surface area (Å²) < 4.78 is 10.5. The minimum absolute atomic E-state index is 0.0308. The summed E-state index contributed by atoms with van der Waals surface area (Å²) in [5.41, 5.74) is 0.683. The minimum Gasteiger partial charge on any atom is -0.494 e. The third kappa shape index (κ3) is 3.54. The van der Waals surface area contributed by atoms with Crippen molar-refractivity contribution in [2.24, 2.45) is 0 Å². The van der Waals surface area contributed by atoms with Crippen LogP contribution in [0.3, 0.4) is 0 Å². The number of rotatable bonds is 6. The second-order valence-corrected chi connectivity index (χ2v) is 5.63. The molecule has 3 rings (SSSR count). The standard InChI is InChI=1S/C18H21N3O3/c1-3-24-13-6-4-12(5-7-13)17(22)14-8-9-15(20-14)18-19-11-10-16(21-18)23-2/h4-7,10-11,14-15,20H,3,8-9H2,1-2H3. The van der Waals surface area contributed by atoms with Crippen LogP contribution in [0.2, 0.25) is 0 Å². The monoisotopic (exact) mass is 327 g/mol. The Balaban J connectivity index is 1.67. The van der Waals surface area contributed by atoms with Crippen LogP contribution in [0.25, 0.3) is 0 Å². The fraction of sp³-hybridized carbons (Fsp3) is 0.389. The molecule has 2 heterocycles. The molecule has 24 heavy (non-hydrogen) atoms. The normalized spacial score (nSPS) is 19.9. The van der Waals surface area contributed by atoms with Crippen LogP contribution in [0.1, 0.15) is 42.0 Å². The van der Waals surface area contributed by atoms with Crippen molar-refractivity contribution in [1.82, 2.24) is 15.3 Å². The van der Waals surface area contributed by atoms with E-state index in [0.29, 0.717) is 23.9 Å². The third-order valence-electron chi connectivity index (χ3n) is 4.08. The van der Waals surface area contributed by atoms with E-state index >= 15 is 0 Å². The Kier molecular flexibility index (Phi) is 5.05. The van der Waals surface area contributed by atoms with E-state index in [9.17, 15) is 4.79 Å². The highest BCUT2D eigenvalue weighted by molar-refractivity contribution is 6.00. The molecule has 6 heteroatoms. The van der Waals surface area contributed by atoms with E-state index in [1.165, 1.54) is 0 Å². The van der Waals surface area contributed by atoms with Gasteiger partial charge in [0.1, 0.15) is 11.6 Å². The second kappa shape index (κ2) is 7.40. The number of benzene rings is 1. The molecule has 2 atom stereocenters. The molecule has 2 unspecified atom stereocenters. The van der Waals surface area contributed by atoms with Gasteiger partial charge < -0.3 is 9.47 Å². The smallest absolute Gasteiger partial charge is 0.216 e. The Morgan fingerprint density at radius 1 is 1.25 bits per heavy atom. The number of nitrogens with zero attached hydrogens (tertiary/aromatic N) is 2. The van der Waals surface area contributed by atoms with Crippen LogP contribution in [-0.4, -0.2) is 35.5 Å². The lowest BCUT2D eigenvalue weighted by molar-refractivity contribution is 0.0950. The highest BCUT2D eigenvalue weighted by atomic mass is 16.5. The topological polar surface area (TPSA) is 73.3 Å². The number of ether oxygens (including phenoxy) is 2. The van der Waals surface area contributed by atoms with Gasteiger partial charge in [-0.1, -0.05) is 0 Å². The summed E-state index contributed by atoms with van der Waals surface area (Å²) in [7, 11) is 1.58. The number of methoxy groups -OCH3 is 1. The Hall–Kier alpha value is -2.47. The first-order valence-corrected chi connectivity index (χ1v) is 8.11. The second-order valence-electron chi connectivity index (χ2n) is 5.63. The first-order chi connectivity index (χ1) is 11.7. The van der Waals surface area contributed by atoms with Crippen LogP contribution in [0.5, 0.6) is 11.6 Å². The zero-order chi connectivity index (χ0) is 16.9. The Bertz CT molecular complexity index is 703. The zero-order valence-corrected chi connectivity index (χ0v) is 13.9. The molecule has 0 spiro atoms. The summed E-state index contributed by atoms with van der Waals surface area (Å²) >= 11 is 0. The van der Waals surface area contributed by atoms with Gasteiger partial charge in [-0.15, -0.1) is 0 Å². The number of hydrogen-bond acceptors (Lipinski definition) is 6. The van der Waals surface area contributed by atoms with Crippen molar-refractivity contribution in [3.05, 3.63) is 47.9 Å². The summed E-state index contributed by atoms with van der Waals surface area (Å²) in [5, 5.41) is 3.34. The van der Waals surface area contributed by atoms with Gasteiger partial charge in [-0.25, -0.2) is 4.98 Å². The highest BCUT2D eigenvalue weighted by Gasteiger charge is 2.32. The van der Waals surface area contributed by atoms with Gasteiger partial charge in [-0.2, -0.15) is 4.98 Å². The van der Waals surface area contributed by atoms with Gasteiger partial charge in [0, 0.05) is 17.8 Å². The summed E-state index contributed by atoms with van der Waals surface area (Å²) in [5.74, 6) is 2.05. The predicted molar refractivity (Wildman–Crippen MR) is 89.4 cm³/mol. The molecule has 0 saturated carbocycles. The van der Waals surface area contributed by atoms with E-state index in [2.05, 4.69) is 15.3 Å². The number of carbonyl (C=O) groups excluding carboxylic acids is 1. The molecule has 1 saturated heterocycles. The number of ketones is 1. The first kappa shape index (κ1) is 16.4. The maximum atomic E-state index is 12.6. The molecule has 2 aromatic rings. The summed E-state index contributed by atoms with van der Waals surface area (Å²) in [6.45, 7) is 2.54. The van der Waals surface area contributed by atoms with Crippen LogP contribution >= 0.6 is 0 Å². The number of hydrogen-bond donors (Lipinski definition) is 1. The van der Waals surface area contributed by atoms with E-state index in [0.717, 1.165) is 18.6 Å². The van der Waals surface area contributed by atoms with Crippen molar-refractivity contribution < 1.29 is 14.3 Å². The molecule has 126 valence electrons. The molecule has 1 aliphatic heterocycles. The van der Waals surface area contributed by atoms with Crippen LogP contribution in [0, 0.1) is 0 Å². The zero-order valence-electron chi connectivity index (χ0n) is 13.9. The van der Waals surface area contributed by atoms with E-state index in [1.807, 2.05) is 31.2 Å². The maximum Gasteiger partial charge on any atom is 0.216 e. The van der Waals surface area contributed by atoms with Crippen molar-refractivity contribution in [3.8, 4) is 11.6 Å². The summed E-state index contributed by atoms with van der Waals surface area (Å²) in [4.78, 5) is 21.3. The molecule has 1 aliphatic rings. The average Bonchev–Trinajstić information content (AvgIpc) is 3.12. The van der Waals surface area contributed by atoms with Gasteiger partial charge in [0.25, 0.3) is 0 Å². The van der Waals surface area contributed by atoms with E-state index in [4.69, 9.17) is 9.47 Å². The fourth-order valence-electron chi connectivity index (χ4n) is 2.87. The Labute approximate surface area is 141 Å². The van der Waals surface area contributed by atoms with Gasteiger partial charge in [0.2, 0.25) is 5.88 Å². The van der Waals surface area contributed by atoms with Crippen LogP contribution in [-0.2, 0) is 0 Å².